The minimum Gasteiger partial charge on any atom is -0.356 e. The summed E-state index contributed by atoms with van der Waals surface area (Å²) in [5.41, 5.74) is 2.83. The van der Waals surface area contributed by atoms with E-state index in [1.54, 1.807) is 30.5 Å². The number of halogens is 1. The normalized spacial score (nSPS) is 17.4. The summed E-state index contributed by atoms with van der Waals surface area (Å²) in [6, 6.07) is 22.0. The first-order valence-electron chi connectivity index (χ1n) is 13.3. The highest BCUT2D eigenvalue weighted by molar-refractivity contribution is 8.26. The molecule has 2 fully saturated rings. The number of hydrogen-bond acceptors (Lipinski definition) is 6. The third kappa shape index (κ3) is 5.44. The third-order valence-corrected chi connectivity index (χ3v) is 8.81. The second kappa shape index (κ2) is 11.3. The average molecular weight is 571 g/mol. The van der Waals surface area contributed by atoms with E-state index in [1.165, 1.54) is 38.8 Å². The maximum absolute atomic E-state index is 13.7. The molecule has 0 unspecified atom stereocenters. The quantitative estimate of drug-likeness (QED) is 0.219. The standard InChI is InChI=1S/C31H27FN4O2S2/c32-24-11-9-23(10-12-24)20-36-30(38)26(40-31(36)39)19-25-28(33-27-8-4-5-15-35(27)29(25)37)34-16-13-22(14-17-34)18-21-6-2-1-3-7-21/h1-12,15,19,22H,13-14,16-18,20H2/b26-19+. The summed E-state index contributed by atoms with van der Waals surface area (Å²) in [4.78, 5) is 36.1. The van der Waals surface area contributed by atoms with E-state index in [0.29, 0.717) is 32.2 Å². The Balaban J connectivity index is 1.29. The molecule has 0 saturated carbocycles. The lowest BCUT2D eigenvalue weighted by Gasteiger charge is -2.33. The summed E-state index contributed by atoms with van der Waals surface area (Å²) >= 11 is 6.68. The number of carbonyl (C=O) groups excluding carboxylic acids is 1. The van der Waals surface area contributed by atoms with Gasteiger partial charge < -0.3 is 4.90 Å². The highest BCUT2D eigenvalue weighted by atomic mass is 32.2. The molecule has 0 bridgehead atoms. The molecule has 1 amide bonds. The lowest BCUT2D eigenvalue weighted by atomic mass is 9.90. The van der Waals surface area contributed by atoms with Crippen molar-refractivity contribution in [3.63, 3.8) is 0 Å². The fraction of sp³-hybridized carbons (Fsp3) is 0.226. The van der Waals surface area contributed by atoms with Crippen LogP contribution in [0.15, 0.2) is 88.7 Å². The van der Waals surface area contributed by atoms with Gasteiger partial charge in [-0.05, 0) is 66.6 Å². The molecule has 202 valence electrons. The van der Waals surface area contributed by atoms with Crippen molar-refractivity contribution in [1.29, 1.82) is 0 Å². The second-order valence-electron chi connectivity index (χ2n) is 10.1. The maximum Gasteiger partial charge on any atom is 0.267 e. The van der Waals surface area contributed by atoms with Crippen LogP contribution >= 0.6 is 24.0 Å². The molecule has 6 nitrogen and oxygen atoms in total. The first-order valence-corrected chi connectivity index (χ1v) is 14.5. The second-order valence-corrected chi connectivity index (χ2v) is 11.8. The molecule has 0 spiro atoms. The molecular formula is C31H27FN4O2S2. The smallest absolute Gasteiger partial charge is 0.267 e. The summed E-state index contributed by atoms with van der Waals surface area (Å²) < 4.78 is 15.3. The number of nitrogens with zero attached hydrogens (tertiary/aromatic N) is 4. The molecule has 2 aliphatic heterocycles. The molecule has 4 heterocycles. The van der Waals surface area contributed by atoms with Crippen molar-refractivity contribution < 1.29 is 9.18 Å². The Bertz CT molecular complexity index is 1660. The molecule has 2 aliphatic rings. The van der Waals surface area contributed by atoms with E-state index in [-0.39, 0.29) is 23.8 Å². The Morgan fingerprint density at radius 3 is 2.42 bits per heavy atom. The number of benzene rings is 2. The molecule has 2 aromatic carbocycles. The Morgan fingerprint density at radius 2 is 1.68 bits per heavy atom. The van der Waals surface area contributed by atoms with Crippen molar-refractivity contribution in [1.82, 2.24) is 14.3 Å². The number of rotatable bonds is 6. The van der Waals surface area contributed by atoms with E-state index in [1.807, 2.05) is 18.2 Å². The number of anilines is 1. The summed E-state index contributed by atoms with van der Waals surface area (Å²) in [6.07, 6.45) is 6.35. The number of fused-ring (bicyclic) bond motifs is 1. The number of thiocarbonyl (C=S) groups is 1. The lowest BCUT2D eigenvalue weighted by molar-refractivity contribution is -0.122. The van der Waals surface area contributed by atoms with Crippen molar-refractivity contribution in [2.24, 2.45) is 5.92 Å². The zero-order valence-electron chi connectivity index (χ0n) is 21.7. The van der Waals surface area contributed by atoms with Crippen molar-refractivity contribution in [3.8, 4) is 0 Å². The fourth-order valence-electron chi connectivity index (χ4n) is 5.29. The first kappa shape index (κ1) is 26.4. The molecule has 2 saturated heterocycles. The van der Waals surface area contributed by atoms with Gasteiger partial charge in [0.05, 0.1) is 17.0 Å². The number of carbonyl (C=O) groups is 1. The van der Waals surface area contributed by atoms with Crippen LogP contribution in [-0.4, -0.2) is 37.6 Å². The molecule has 0 N–H and O–H groups in total. The van der Waals surface area contributed by atoms with Crippen LogP contribution in [0, 0.1) is 11.7 Å². The Labute approximate surface area is 241 Å². The summed E-state index contributed by atoms with van der Waals surface area (Å²) in [7, 11) is 0. The molecule has 0 radical (unpaired) electrons. The zero-order chi connectivity index (χ0) is 27.6. The molecule has 0 atom stereocenters. The monoisotopic (exact) mass is 570 g/mol. The van der Waals surface area contributed by atoms with Gasteiger partial charge in [0.2, 0.25) is 0 Å². The van der Waals surface area contributed by atoms with Gasteiger partial charge in [-0.25, -0.2) is 9.37 Å². The molecular weight excluding hydrogens is 543 g/mol. The van der Waals surface area contributed by atoms with Gasteiger partial charge in [0.15, 0.2) is 0 Å². The molecule has 4 aromatic rings. The largest absolute Gasteiger partial charge is 0.356 e. The van der Waals surface area contributed by atoms with Gasteiger partial charge in [0.25, 0.3) is 11.5 Å². The molecule has 9 heteroatoms. The van der Waals surface area contributed by atoms with Crippen LogP contribution in [0.2, 0.25) is 0 Å². The van der Waals surface area contributed by atoms with Gasteiger partial charge in [-0.2, -0.15) is 0 Å². The maximum atomic E-state index is 13.7. The molecule has 6 rings (SSSR count). The number of amides is 1. The van der Waals surface area contributed by atoms with Crippen LogP contribution in [0.5, 0.6) is 0 Å². The van der Waals surface area contributed by atoms with Crippen LogP contribution in [0.4, 0.5) is 10.2 Å². The van der Waals surface area contributed by atoms with Gasteiger partial charge in [-0.1, -0.05) is 72.5 Å². The number of thioether (sulfide) groups is 1. The number of pyridine rings is 1. The van der Waals surface area contributed by atoms with Crippen molar-refractivity contribution in [3.05, 3.63) is 117 Å². The third-order valence-electron chi connectivity index (χ3n) is 7.43. The molecule has 40 heavy (non-hydrogen) atoms. The number of aromatic nitrogens is 2. The highest BCUT2D eigenvalue weighted by Gasteiger charge is 2.33. The fourth-order valence-corrected chi connectivity index (χ4v) is 6.53. The van der Waals surface area contributed by atoms with Crippen LogP contribution in [0.25, 0.3) is 11.7 Å². The van der Waals surface area contributed by atoms with E-state index in [4.69, 9.17) is 17.2 Å². The van der Waals surface area contributed by atoms with Crippen molar-refractivity contribution >= 4 is 51.7 Å². The zero-order valence-corrected chi connectivity index (χ0v) is 23.3. The number of piperidine rings is 1. The lowest BCUT2D eigenvalue weighted by Crippen LogP contribution is -2.37. The van der Waals surface area contributed by atoms with E-state index >= 15 is 0 Å². The minimum absolute atomic E-state index is 0.226. The van der Waals surface area contributed by atoms with Crippen molar-refractivity contribution in [2.45, 2.75) is 25.8 Å². The van der Waals surface area contributed by atoms with Gasteiger partial charge in [0, 0.05) is 19.3 Å². The SMILES string of the molecule is O=C1/C(=C\c2c(N3CCC(Cc4ccccc4)CC3)nc3ccccn3c2=O)SC(=S)N1Cc1ccc(F)cc1. The van der Waals surface area contributed by atoms with Gasteiger partial charge >= 0.3 is 0 Å². The van der Waals surface area contributed by atoms with E-state index in [2.05, 4.69) is 29.2 Å². The number of hydrogen-bond donors (Lipinski definition) is 0. The average Bonchev–Trinajstić information content (AvgIpc) is 3.24. The van der Waals surface area contributed by atoms with Crippen LogP contribution in [0.1, 0.15) is 29.5 Å². The Hall–Kier alpha value is -3.82. The van der Waals surface area contributed by atoms with E-state index in [0.717, 1.165) is 37.9 Å². The van der Waals surface area contributed by atoms with Crippen molar-refractivity contribution in [2.75, 3.05) is 18.0 Å². The van der Waals surface area contributed by atoms with Crippen LogP contribution in [0.3, 0.4) is 0 Å². The summed E-state index contributed by atoms with van der Waals surface area (Å²) in [5.74, 6) is 0.545. The Morgan fingerprint density at radius 1 is 0.950 bits per heavy atom. The van der Waals surface area contributed by atoms with Gasteiger partial charge in [-0.15, -0.1) is 0 Å². The Kier molecular flexibility index (Phi) is 7.49. The predicted molar refractivity (Wildman–Crippen MR) is 162 cm³/mol. The minimum atomic E-state index is -0.338. The van der Waals surface area contributed by atoms with Gasteiger partial charge in [-0.3, -0.25) is 18.9 Å². The predicted octanol–water partition coefficient (Wildman–Crippen LogP) is 5.69. The summed E-state index contributed by atoms with van der Waals surface area (Å²) in [5, 5.41) is 0. The van der Waals surface area contributed by atoms with Gasteiger partial charge in [0.1, 0.15) is 21.6 Å². The van der Waals surface area contributed by atoms with Crippen LogP contribution < -0.4 is 10.5 Å². The van der Waals surface area contributed by atoms with E-state index in [9.17, 15) is 14.0 Å². The molecule has 0 aliphatic carbocycles. The first-order chi connectivity index (χ1) is 19.5. The highest BCUT2D eigenvalue weighted by Crippen LogP contribution is 2.35. The molecule has 2 aromatic heterocycles. The van der Waals surface area contributed by atoms with E-state index < -0.39 is 0 Å². The topological polar surface area (TPSA) is 57.9 Å². The summed E-state index contributed by atoms with van der Waals surface area (Å²) in [6.45, 7) is 1.79. The van der Waals surface area contributed by atoms with Crippen LogP contribution in [-0.2, 0) is 17.8 Å².